The van der Waals surface area contributed by atoms with E-state index >= 15 is 0 Å². The molecule has 2 heterocycles. The first-order valence-electron chi connectivity index (χ1n) is 5.91. The molecule has 1 saturated heterocycles. The summed E-state index contributed by atoms with van der Waals surface area (Å²) in [5, 5.41) is 1.68. The Bertz CT molecular complexity index is 511. The zero-order valence-electron chi connectivity index (χ0n) is 9.50. The SMILES string of the molecule is Nc1csc(S(=O)(=O)N2CC3CCCC3C2)c1. The van der Waals surface area contributed by atoms with E-state index in [1.54, 1.807) is 15.8 Å². The number of sulfonamides is 1. The number of thiophene rings is 1. The maximum Gasteiger partial charge on any atom is 0.252 e. The third kappa shape index (κ3) is 1.88. The van der Waals surface area contributed by atoms with Crippen LogP contribution < -0.4 is 5.73 Å². The molecule has 1 aromatic heterocycles. The van der Waals surface area contributed by atoms with Gasteiger partial charge in [0, 0.05) is 24.2 Å². The van der Waals surface area contributed by atoms with Crippen LogP contribution in [0, 0.1) is 11.8 Å². The van der Waals surface area contributed by atoms with Crippen LogP contribution in [-0.4, -0.2) is 25.8 Å². The first-order chi connectivity index (χ1) is 8.07. The molecule has 0 bridgehead atoms. The zero-order valence-corrected chi connectivity index (χ0v) is 11.1. The van der Waals surface area contributed by atoms with E-state index in [0.717, 1.165) is 0 Å². The molecule has 1 aliphatic heterocycles. The Balaban J connectivity index is 1.85. The summed E-state index contributed by atoms with van der Waals surface area (Å²) in [4.78, 5) is 0. The Kier molecular flexibility index (Phi) is 2.68. The quantitative estimate of drug-likeness (QED) is 0.892. The molecule has 6 heteroatoms. The van der Waals surface area contributed by atoms with Crippen molar-refractivity contribution in [3.63, 3.8) is 0 Å². The first kappa shape index (κ1) is 11.5. The van der Waals surface area contributed by atoms with Crippen molar-refractivity contribution in [2.24, 2.45) is 11.8 Å². The van der Waals surface area contributed by atoms with Crippen LogP contribution in [0.2, 0.25) is 0 Å². The highest BCUT2D eigenvalue weighted by Crippen LogP contribution is 2.40. The summed E-state index contributed by atoms with van der Waals surface area (Å²) in [6.07, 6.45) is 3.63. The van der Waals surface area contributed by atoms with Crippen LogP contribution in [-0.2, 0) is 10.0 Å². The summed E-state index contributed by atoms with van der Waals surface area (Å²) in [5.41, 5.74) is 6.13. The van der Waals surface area contributed by atoms with Crippen molar-refractivity contribution in [3.8, 4) is 0 Å². The molecule has 4 nitrogen and oxygen atoms in total. The molecule has 17 heavy (non-hydrogen) atoms. The predicted molar refractivity (Wildman–Crippen MR) is 68.3 cm³/mol. The van der Waals surface area contributed by atoms with Crippen LogP contribution in [0.3, 0.4) is 0 Å². The molecule has 2 unspecified atom stereocenters. The van der Waals surface area contributed by atoms with Crippen molar-refractivity contribution in [3.05, 3.63) is 11.4 Å². The van der Waals surface area contributed by atoms with Gasteiger partial charge in [-0.2, -0.15) is 4.31 Å². The van der Waals surface area contributed by atoms with Crippen molar-refractivity contribution in [1.29, 1.82) is 0 Å². The lowest BCUT2D eigenvalue weighted by Gasteiger charge is -2.15. The van der Waals surface area contributed by atoms with Gasteiger partial charge in [-0.25, -0.2) is 8.42 Å². The average molecular weight is 272 g/mol. The Labute approximate surface area is 105 Å². The minimum absolute atomic E-state index is 0.384. The maximum atomic E-state index is 12.4. The number of anilines is 1. The van der Waals surface area contributed by atoms with Gasteiger partial charge < -0.3 is 5.73 Å². The van der Waals surface area contributed by atoms with Gasteiger partial charge in [0.05, 0.1) is 0 Å². The number of nitrogen functional groups attached to an aromatic ring is 1. The Morgan fingerprint density at radius 1 is 1.29 bits per heavy atom. The van der Waals surface area contributed by atoms with Crippen LogP contribution >= 0.6 is 11.3 Å². The Morgan fingerprint density at radius 3 is 2.47 bits per heavy atom. The van der Waals surface area contributed by atoms with Crippen LogP contribution in [0.25, 0.3) is 0 Å². The van der Waals surface area contributed by atoms with Gasteiger partial charge in [-0.15, -0.1) is 11.3 Å². The molecule has 0 aromatic carbocycles. The summed E-state index contributed by atoms with van der Waals surface area (Å²) < 4.78 is 26.7. The van der Waals surface area contributed by atoms with Crippen molar-refractivity contribution >= 4 is 27.0 Å². The van der Waals surface area contributed by atoms with Crippen molar-refractivity contribution in [2.75, 3.05) is 18.8 Å². The van der Waals surface area contributed by atoms with Gasteiger partial charge in [-0.05, 0) is 30.7 Å². The van der Waals surface area contributed by atoms with Gasteiger partial charge in [0.1, 0.15) is 4.21 Å². The van der Waals surface area contributed by atoms with Gasteiger partial charge in [-0.3, -0.25) is 0 Å². The van der Waals surface area contributed by atoms with Crippen LogP contribution in [0.15, 0.2) is 15.7 Å². The number of fused-ring (bicyclic) bond motifs is 1. The highest BCUT2D eigenvalue weighted by Gasteiger charge is 2.41. The summed E-state index contributed by atoms with van der Waals surface area (Å²) in [7, 11) is -3.29. The molecule has 3 rings (SSSR count). The third-order valence-electron chi connectivity index (χ3n) is 3.88. The molecule has 1 aliphatic carbocycles. The fraction of sp³-hybridized carbons (Fsp3) is 0.636. The van der Waals surface area contributed by atoms with Gasteiger partial charge in [0.2, 0.25) is 0 Å². The van der Waals surface area contributed by atoms with Crippen molar-refractivity contribution in [1.82, 2.24) is 4.31 Å². The lowest BCUT2D eigenvalue weighted by atomic mass is 10.0. The van der Waals surface area contributed by atoms with E-state index in [1.807, 2.05) is 0 Å². The molecule has 2 atom stereocenters. The van der Waals surface area contributed by atoms with Gasteiger partial charge in [-0.1, -0.05) is 6.42 Å². The smallest absolute Gasteiger partial charge is 0.252 e. The Morgan fingerprint density at radius 2 is 1.94 bits per heavy atom. The summed E-state index contributed by atoms with van der Waals surface area (Å²) >= 11 is 1.22. The zero-order chi connectivity index (χ0) is 12.0. The number of rotatable bonds is 2. The second kappa shape index (κ2) is 3.96. The van der Waals surface area contributed by atoms with Gasteiger partial charge in [0.25, 0.3) is 10.0 Å². The molecule has 2 aliphatic rings. The maximum absolute atomic E-state index is 12.4. The van der Waals surface area contributed by atoms with E-state index in [2.05, 4.69) is 0 Å². The lowest BCUT2D eigenvalue weighted by Crippen LogP contribution is -2.29. The standard InChI is InChI=1S/C11H16N2O2S2/c12-10-4-11(16-7-10)17(14,15)13-5-8-2-1-3-9(8)6-13/h4,7-9H,1-3,5-6,12H2. The normalized spacial score (nSPS) is 29.6. The summed E-state index contributed by atoms with van der Waals surface area (Å²) in [6, 6.07) is 1.56. The molecular weight excluding hydrogens is 256 g/mol. The van der Waals surface area contributed by atoms with Gasteiger partial charge in [0.15, 0.2) is 0 Å². The van der Waals surface area contributed by atoms with E-state index in [0.29, 0.717) is 34.8 Å². The molecule has 2 N–H and O–H groups in total. The second-order valence-corrected chi connectivity index (χ2v) is 8.05. The molecular formula is C11H16N2O2S2. The predicted octanol–water partition coefficient (Wildman–Crippen LogP) is 1.75. The van der Waals surface area contributed by atoms with Crippen LogP contribution in [0.5, 0.6) is 0 Å². The number of nitrogens with zero attached hydrogens (tertiary/aromatic N) is 1. The molecule has 1 aromatic rings. The van der Waals surface area contributed by atoms with E-state index in [-0.39, 0.29) is 0 Å². The number of hydrogen-bond acceptors (Lipinski definition) is 4. The average Bonchev–Trinajstić information content (AvgIpc) is 2.89. The molecule has 0 amide bonds. The minimum atomic E-state index is -3.29. The summed E-state index contributed by atoms with van der Waals surface area (Å²) in [5.74, 6) is 1.17. The monoisotopic (exact) mass is 272 g/mol. The highest BCUT2D eigenvalue weighted by molar-refractivity contribution is 7.91. The first-order valence-corrected chi connectivity index (χ1v) is 8.23. The minimum Gasteiger partial charge on any atom is -0.398 e. The topological polar surface area (TPSA) is 63.4 Å². The third-order valence-corrected chi connectivity index (χ3v) is 7.15. The molecule has 0 radical (unpaired) electrons. The fourth-order valence-electron chi connectivity index (χ4n) is 2.98. The number of hydrogen-bond donors (Lipinski definition) is 1. The van der Waals surface area contributed by atoms with Gasteiger partial charge >= 0.3 is 0 Å². The summed E-state index contributed by atoms with van der Waals surface area (Å²) in [6.45, 7) is 1.40. The molecule has 1 saturated carbocycles. The van der Waals surface area contributed by atoms with E-state index in [1.165, 1.54) is 30.6 Å². The van der Waals surface area contributed by atoms with E-state index < -0.39 is 10.0 Å². The fourth-order valence-corrected chi connectivity index (χ4v) is 5.77. The highest BCUT2D eigenvalue weighted by atomic mass is 32.2. The number of nitrogens with two attached hydrogens (primary N) is 1. The largest absolute Gasteiger partial charge is 0.398 e. The lowest BCUT2D eigenvalue weighted by molar-refractivity contribution is 0.447. The van der Waals surface area contributed by atoms with Crippen molar-refractivity contribution < 1.29 is 8.42 Å². The molecule has 94 valence electrons. The second-order valence-electron chi connectivity index (χ2n) is 4.97. The molecule has 0 spiro atoms. The van der Waals surface area contributed by atoms with Crippen LogP contribution in [0.1, 0.15) is 19.3 Å². The van der Waals surface area contributed by atoms with Crippen molar-refractivity contribution in [2.45, 2.75) is 23.5 Å². The van der Waals surface area contributed by atoms with Crippen LogP contribution in [0.4, 0.5) is 5.69 Å². The molecule has 2 fully saturated rings. The van der Waals surface area contributed by atoms with E-state index in [4.69, 9.17) is 5.73 Å². The Hall–Kier alpha value is -0.590. The van der Waals surface area contributed by atoms with E-state index in [9.17, 15) is 8.42 Å².